The molecule has 0 aromatic heterocycles. The first kappa shape index (κ1) is 17.5. The number of benzene rings is 2. The molecular weight excluding hydrogens is 306 g/mol. The molecule has 0 fully saturated rings. The topological polar surface area (TPSA) is 64.6 Å². The summed E-state index contributed by atoms with van der Waals surface area (Å²) < 4.78 is 10.2. The predicted octanol–water partition coefficient (Wildman–Crippen LogP) is 2.93. The second kappa shape index (κ2) is 8.15. The number of carbonyl (C=O) groups is 2. The molecule has 1 N–H and O–H groups in total. The lowest BCUT2D eigenvalue weighted by molar-refractivity contribution is -0.150. The molecule has 0 heterocycles. The number of nitrogens with one attached hydrogen (secondary N) is 1. The van der Waals surface area contributed by atoms with E-state index in [1.807, 2.05) is 43.3 Å². The first-order valence-corrected chi connectivity index (χ1v) is 7.77. The fourth-order valence-electron chi connectivity index (χ4n) is 2.22. The highest BCUT2D eigenvalue weighted by Gasteiger charge is 2.15. The van der Waals surface area contributed by atoms with Gasteiger partial charge in [0.25, 0.3) is 5.91 Å². The Labute approximate surface area is 141 Å². The van der Waals surface area contributed by atoms with Crippen LogP contribution < -0.4 is 10.1 Å². The molecule has 2 aromatic rings. The molecular formula is C19H21NO4. The number of ether oxygens (including phenoxy) is 2. The highest BCUT2D eigenvalue weighted by Crippen LogP contribution is 2.22. The Morgan fingerprint density at radius 1 is 1.17 bits per heavy atom. The van der Waals surface area contributed by atoms with Gasteiger partial charge in [0.1, 0.15) is 5.75 Å². The normalized spacial score (nSPS) is 12.1. The number of carbonyl (C=O) groups excluding carboxylic acids is 2. The molecule has 2 aromatic carbocycles. The molecule has 0 saturated carbocycles. The van der Waals surface area contributed by atoms with Crippen LogP contribution in [0.2, 0.25) is 0 Å². The van der Waals surface area contributed by atoms with E-state index in [2.05, 4.69) is 5.32 Å². The fourth-order valence-corrected chi connectivity index (χ4v) is 2.22. The average Bonchev–Trinajstić information content (AvgIpc) is 2.59. The van der Waals surface area contributed by atoms with E-state index in [1.165, 1.54) is 6.08 Å². The van der Waals surface area contributed by atoms with E-state index < -0.39 is 12.1 Å². The van der Waals surface area contributed by atoms with Gasteiger partial charge in [0.05, 0.1) is 7.11 Å². The molecule has 0 aliphatic rings. The van der Waals surface area contributed by atoms with Crippen molar-refractivity contribution in [3.8, 4) is 5.75 Å². The van der Waals surface area contributed by atoms with Gasteiger partial charge in [-0.05, 0) is 54.5 Å². The van der Waals surface area contributed by atoms with Gasteiger partial charge in [-0.3, -0.25) is 4.79 Å². The second-order valence-electron chi connectivity index (χ2n) is 5.28. The van der Waals surface area contributed by atoms with Gasteiger partial charge in [0.2, 0.25) is 0 Å². The fraction of sp³-hybridized carbons (Fsp3) is 0.263. The third-order valence-corrected chi connectivity index (χ3v) is 3.50. The third-order valence-electron chi connectivity index (χ3n) is 3.50. The SMILES string of the molecule is CCNC(=O)[C@@H](C)OC(=O)/C=C/c1ccc2cc(OC)ccc2c1. The van der Waals surface area contributed by atoms with Gasteiger partial charge in [-0.1, -0.05) is 18.2 Å². The second-order valence-corrected chi connectivity index (χ2v) is 5.28. The summed E-state index contributed by atoms with van der Waals surface area (Å²) in [5.74, 6) is -0.0591. The molecule has 1 atom stereocenters. The zero-order chi connectivity index (χ0) is 17.5. The minimum atomic E-state index is -0.814. The van der Waals surface area contributed by atoms with Crippen molar-refractivity contribution in [1.29, 1.82) is 0 Å². The lowest BCUT2D eigenvalue weighted by Crippen LogP contribution is -2.35. The first-order chi connectivity index (χ1) is 11.5. The minimum Gasteiger partial charge on any atom is -0.497 e. The zero-order valence-electron chi connectivity index (χ0n) is 14.0. The zero-order valence-corrected chi connectivity index (χ0v) is 14.0. The van der Waals surface area contributed by atoms with E-state index in [4.69, 9.17) is 9.47 Å². The average molecular weight is 327 g/mol. The van der Waals surface area contributed by atoms with Crippen LogP contribution in [-0.4, -0.2) is 31.6 Å². The number of fused-ring (bicyclic) bond motifs is 1. The van der Waals surface area contributed by atoms with Crippen molar-refractivity contribution >= 4 is 28.7 Å². The molecule has 126 valence electrons. The number of hydrogen-bond donors (Lipinski definition) is 1. The maximum atomic E-state index is 11.8. The summed E-state index contributed by atoms with van der Waals surface area (Å²) in [6, 6.07) is 11.6. The smallest absolute Gasteiger partial charge is 0.331 e. The van der Waals surface area contributed by atoms with Gasteiger partial charge < -0.3 is 14.8 Å². The molecule has 0 spiro atoms. The van der Waals surface area contributed by atoms with Crippen molar-refractivity contribution in [1.82, 2.24) is 5.32 Å². The maximum absolute atomic E-state index is 11.8. The highest BCUT2D eigenvalue weighted by atomic mass is 16.5. The van der Waals surface area contributed by atoms with Gasteiger partial charge in [-0.25, -0.2) is 4.79 Å². The molecule has 5 nitrogen and oxygen atoms in total. The molecule has 0 aliphatic heterocycles. The van der Waals surface area contributed by atoms with Crippen molar-refractivity contribution in [2.45, 2.75) is 20.0 Å². The molecule has 0 bridgehead atoms. The monoisotopic (exact) mass is 327 g/mol. The van der Waals surface area contributed by atoms with E-state index in [0.29, 0.717) is 6.54 Å². The van der Waals surface area contributed by atoms with Crippen molar-refractivity contribution < 1.29 is 19.1 Å². The molecule has 0 saturated heterocycles. The number of methoxy groups -OCH3 is 1. The predicted molar refractivity (Wildman–Crippen MR) is 93.8 cm³/mol. The minimum absolute atomic E-state index is 0.307. The van der Waals surface area contributed by atoms with Crippen LogP contribution >= 0.6 is 0 Å². The molecule has 24 heavy (non-hydrogen) atoms. The molecule has 1 amide bonds. The molecule has 2 rings (SSSR count). The van der Waals surface area contributed by atoms with Crippen LogP contribution in [0.5, 0.6) is 5.75 Å². The summed E-state index contributed by atoms with van der Waals surface area (Å²) >= 11 is 0. The van der Waals surface area contributed by atoms with E-state index in [9.17, 15) is 9.59 Å². The van der Waals surface area contributed by atoms with Gasteiger partial charge in [-0.15, -0.1) is 0 Å². The maximum Gasteiger partial charge on any atom is 0.331 e. The van der Waals surface area contributed by atoms with E-state index >= 15 is 0 Å². The van der Waals surface area contributed by atoms with Crippen LogP contribution in [0, 0.1) is 0 Å². The lowest BCUT2D eigenvalue weighted by atomic mass is 10.1. The Balaban J connectivity index is 2.04. The van der Waals surface area contributed by atoms with Crippen LogP contribution in [0.15, 0.2) is 42.5 Å². The quantitative estimate of drug-likeness (QED) is 0.654. The van der Waals surface area contributed by atoms with Gasteiger partial charge >= 0.3 is 5.97 Å². The van der Waals surface area contributed by atoms with Crippen LogP contribution in [0.3, 0.4) is 0 Å². The Hall–Kier alpha value is -2.82. The van der Waals surface area contributed by atoms with Gasteiger partial charge in [0.15, 0.2) is 6.10 Å². The van der Waals surface area contributed by atoms with Crippen LogP contribution in [0.25, 0.3) is 16.8 Å². The summed E-state index contributed by atoms with van der Waals surface area (Å²) in [6.07, 6.45) is 2.17. The highest BCUT2D eigenvalue weighted by molar-refractivity contribution is 5.92. The van der Waals surface area contributed by atoms with Crippen molar-refractivity contribution in [3.63, 3.8) is 0 Å². The number of esters is 1. The summed E-state index contributed by atoms with van der Waals surface area (Å²) in [5.41, 5.74) is 0.871. The number of likely N-dealkylation sites (N-methyl/N-ethyl adjacent to an activating group) is 1. The third kappa shape index (κ3) is 4.59. The Bertz CT molecular complexity index is 767. The van der Waals surface area contributed by atoms with Gasteiger partial charge in [0, 0.05) is 12.6 Å². The van der Waals surface area contributed by atoms with Crippen LogP contribution in [-0.2, 0) is 14.3 Å². The van der Waals surface area contributed by atoms with Crippen molar-refractivity contribution in [2.75, 3.05) is 13.7 Å². The number of amides is 1. The van der Waals surface area contributed by atoms with Crippen LogP contribution in [0.1, 0.15) is 19.4 Å². The standard InChI is InChI=1S/C19H21NO4/c1-4-20-19(22)13(2)24-18(21)10-6-14-5-7-16-12-17(23-3)9-8-15(16)11-14/h5-13H,4H2,1-3H3,(H,20,22)/b10-6+/t13-/m1/s1. The Morgan fingerprint density at radius 3 is 2.58 bits per heavy atom. The first-order valence-electron chi connectivity index (χ1n) is 7.77. The number of rotatable bonds is 6. The number of hydrogen-bond acceptors (Lipinski definition) is 4. The molecule has 0 radical (unpaired) electrons. The van der Waals surface area contributed by atoms with Gasteiger partial charge in [-0.2, -0.15) is 0 Å². The van der Waals surface area contributed by atoms with E-state index in [-0.39, 0.29) is 5.91 Å². The summed E-state index contributed by atoms with van der Waals surface area (Å²) in [4.78, 5) is 23.3. The van der Waals surface area contributed by atoms with E-state index in [1.54, 1.807) is 20.1 Å². The van der Waals surface area contributed by atoms with Crippen molar-refractivity contribution in [2.24, 2.45) is 0 Å². The summed E-state index contributed by atoms with van der Waals surface area (Å²) in [7, 11) is 1.63. The lowest BCUT2D eigenvalue weighted by Gasteiger charge is -2.10. The molecule has 0 unspecified atom stereocenters. The largest absolute Gasteiger partial charge is 0.497 e. The summed E-state index contributed by atoms with van der Waals surface area (Å²) in [5, 5.41) is 4.70. The Kier molecular flexibility index (Phi) is 5.95. The van der Waals surface area contributed by atoms with Crippen LogP contribution in [0.4, 0.5) is 0 Å². The van der Waals surface area contributed by atoms with E-state index in [0.717, 1.165) is 22.1 Å². The molecule has 5 heteroatoms. The van der Waals surface area contributed by atoms with Crippen molar-refractivity contribution in [3.05, 3.63) is 48.0 Å². The summed E-state index contributed by atoms with van der Waals surface area (Å²) in [6.45, 7) is 3.85. The Morgan fingerprint density at radius 2 is 1.88 bits per heavy atom. The molecule has 0 aliphatic carbocycles.